The number of carbonyl (C=O) groups is 1. The molecule has 0 aliphatic rings. The number of amides is 1. The summed E-state index contributed by atoms with van der Waals surface area (Å²) < 4.78 is 3.52. The van der Waals surface area contributed by atoms with Crippen molar-refractivity contribution in [1.29, 1.82) is 0 Å². The minimum Gasteiger partial charge on any atom is -0.320 e. The van der Waals surface area contributed by atoms with Crippen LogP contribution in [0, 0.1) is 6.92 Å². The first-order chi connectivity index (χ1) is 9.38. The maximum absolute atomic E-state index is 12.3. The molecule has 20 heavy (non-hydrogen) atoms. The molecular weight excluding hydrogens is 518 g/mol. The van der Waals surface area contributed by atoms with Crippen molar-refractivity contribution >= 4 is 75.3 Å². The third-order valence-electron chi connectivity index (χ3n) is 2.67. The van der Waals surface area contributed by atoms with Gasteiger partial charge in [0.1, 0.15) is 0 Å². The second-order valence-electron chi connectivity index (χ2n) is 4.16. The van der Waals surface area contributed by atoms with E-state index in [9.17, 15) is 4.79 Å². The van der Waals surface area contributed by atoms with Crippen LogP contribution in [0.3, 0.4) is 0 Å². The lowest BCUT2D eigenvalue weighted by Crippen LogP contribution is -2.13. The molecule has 1 amide bonds. The molecule has 0 fully saturated rings. The van der Waals surface area contributed by atoms with Crippen LogP contribution in [0.25, 0.3) is 0 Å². The van der Waals surface area contributed by atoms with E-state index in [-0.39, 0.29) is 5.91 Å². The minimum atomic E-state index is -0.149. The molecule has 104 valence electrons. The second-order valence-corrected chi connectivity index (χ2v) is 7.64. The number of nitrogens with one attached hydrogen (secondary N) is 1. The Bertz CT molecular complexity index is 662. The summed E-state index contributed by atoms with van der Waals surface area (Å²) in [6.45, 7) is 1.95. The molecule has 0 heterocycles. The number of anilines is 1. The molecule has 2 rings (SSSR count). The summed E-state index contributed by atoms with van der Waals surface area (Å²) in [5.41, 5.74) is 2.35. The molecule has 0 saturated carbocycles. The summed E-state index contributed by atoms with van der Waals surface area (Å²) in [6.07, 6.45) is 0. The Balaban J connectivity index is 2.30. The molecule has 1 N–H and O–H groups in total. The van der Waals surface area contributed by atoms with E-state index in [1.165, 1.54) is 0 Å². The molecule has 0 unspecified atom stereocenters. The smallest absolute Gasteiger partial charge is 0.255 e. The van der Waals surface area contributed by atoms with Crippen molar-refractivity contribution in [3.8, 4) is 0 Å². The Morgan fingerprint density at radius 1 is 0.950 bits per heavy atom. The van der Waals surface area contributed by atoms with Gasteiger partial charge in [0, 0.05) is 23.5 Å². The van der Waals surface area contributed by atoms with Crippen molar-refractivity contribution < 1.29 is 4.79 Å². The van der Waals surface area contributed by atoms with Gasteiger partial charge in [-0.15, -0.1) is 0 Å². The van der Waals surface area contributed by atoms with Crippen LogP contribution in [0.2, 0.25) is 0 Å². The van der Waals surface area contributed by atoms with E-state index in [4.69, 9.17) is 0 Å². The van der Waals surface area contributed by atoms with Gasteiger partial charge in [-0.25, -0.2) is 0 Å². The summed E-state index contributed by atoms with van der Waals surface area (Å²) in [5, 5.41) is 2.90. The zero-order valence-electron chi connectivity index (χ0n) is 10.3. The normalized spacial score (nSPS) is 10.4. The first-order valence-corrected chi connectivity index (χ1v) is 8.77. The topological polar surface area (TPSA) is 29.1 Å². The van der Waals surface area contributed by atoms with Crippen molar-refractivity contribution in [2.75, 3.05) is 5.32 Å². The molecule has 0 aliphatic heterocycles. The monoisotopic (exact) mass is 523 g/mol. The van der Waals surface area contributed by atoms with Gasteiger partial charge in [0.05, 0.1) is 5.69 Å². The maximum atomic E-state index is 12.3. The number of benzene rings is 2. The standard InChI is InChI=1S/C14H9Br4NO/c1-7-4-8(2-3-10(7)16)14(20)19-13-11(17)5-9(15)6-12(13)18/h2-6H,1H3,(H,19,20). The van der Waals surface area contributed by atoms with E-state index in [0.29, 0.717) is 11.3 Å². The van der Waals surface area contributed by atoms with Crippen molar-refractivity contribution in [2.24, 2.45) is 0 Å². The van der Waals surface area contributed by atoms with Crippen LogP contribution in [0.5, 0.6) is 0 Å². The van der Waals surface area contributed by atoms with Crippen LogP contribution in [0.4, 0.5) is 5.69 Å². The first-order valence-electron chi connectivity index (χ1n) is 5.60. The van der Waals surface area contributed by atoms with Gasteiger partial charge in [0.2, 0.25) is 0 Å². The summed E-state index contributed by atoms with van der Waals surface area (Å²) in [6, 6.07) is 9.27. The lowest BCUT2D eigenvalue weighted by atomic mass is 10.1. The lowest BCUT2D eigenvalue weighted by Gasteiger charge is -2.11. The Morgan fingerprint density at radius 3 is 2.10 bits per heavy atom. The molecular formula is C14H9Br4NO. The zero-order valence-corrected chi connectivity index (χ0v) is 16.7. The summed E-state index contributed by atoms with van der Waals surface area (Å²) in [5.74, 6) is -0.149. The first kappa shape index (κ1) is 16.2. The summed E-state index contributed by atoms with van der Waals surface area (Å²) >= 11 is 13.7. The quantitative estimate of drug-likeness (QED) is 0.489. The van der Waals surface area contributed by atoms with Crippen LogP contribution >= 0.6 is 63.7 Å². The van der Waals surface area contributed by atoms with Gasteiger partial charge in [-0.3, -0.25) is 4.79 Å². The molecule has 0 aromatic heterocycles. The van der Waals surface area contributed by atoms with Gasteiger partial charge >= 0.3 is 0 Å². The predicted molar refractivity (Wildman–Crippen MR) is 96.4 cm³/mol. The molecule has 0 saturated heterocycles. The van der Waals surface area contributed by atoms with Gasteiger partial charge < -0.3 is 5.32 Å². The van der Waals surface area contributed by atoms with Crippen molar-refractivity contribution in [2.45, 2.75) is 6.92 Å². The molecule has 2 aromatic rings. The fraction of sp³-hybridized carbons (Fsp3) is 0.0714. The van der Waals surface area contributed by atoms with E-state index >= 15 is 0 Å². The Kier molecular flexibility index (Phi) is 5.45. The molecule has 0 radical (unpaired) electrons. The molecule has 0 atom stereocenters. The number of carbonyl (C=O) groups excluding carboxylic acids is 1. The number of halogens is 4. The van der Waals surface area contributed by atoms with Crippen LogP contribution in [0.1, 0.15) is 15.9 Å². The van der Waals surface area contributed by atoms with E-state index in [2.05, 4.69) is 69.0 Å². The SMILES string of the molecule is Cc1cc(C(=O)Nc2c(Br)cc(Br)cc2Br)ccc1Br. The second kappa shape index (κ2) is 6.73. The van der Waals surface area contributed by atoms with Gasteiger partial charge in [0.25, 0.3) is 5.91 Å². The molecule has 2 aromatic carbocycles. The highest BCUT2D eigenvalue weighted by atomic mass is 79.9. The zero-order chi connectivity index (χ0) is 14.9. The lowest BCUT2D eigenvalue weighted by molar-refractivity contribution is 0.102. The molecule has 2 nitrogen and oxygen atoms in total. The fourth-order valence-corrected chi connectivity index (χ4v) is 4.34. The third-order valence-corrected chi connectivity index (χ3v) is 5.26. The van der Waals surface area contributed by atoms with Gasteiger partial charge in [-0.2, -0.15) is 0 Å². The highest BCUT2D eigenvalue weighted by molar-refractivity contribution is 9.11. The van der Waals surface area contributed by atoms with Gasteiger partial charge in [-0.05, 0) is 74.7 Å². The molecule has 6 heteroatoms. The van der Waals surface area contributed by atoms with Crippen LogP contribution < -0.4 is 5.32 Å². The number of rotatable bonds is 2. The molecule has 0 aliphatic carbocycles. The number of hydrogen-bond donors (Lipinski definition) is 1. The summed E-state index contributed by atoms with van der Waals surface area (Å²) in [4.78, 5) is 12.3. The highest BCUT2D eigenvalue weighted by Crippen LogP contribution is 2.34. The van der Waals surface area contributed by atoms with E-state index in [1.807, 2.05) is 31.2 Å². The van der Waals surface area contributed by atoms with Crippen LogP contribution in [-0.4, -0.2) is 5.91 Å². The average molecular weight is 527 g/mol. The third kappa shape index (κ3) is 3.72. The number of aryl methyl sites for hydroxylation is 1. The molecule has 0 spiro atoms. The fourth-order valence-electron chi connectivity index (χ4n) is 1.63. The Labute approximate surface area is 150 Å². The van der Waals surface area contributed by atoms with Crippen molar-refractivity contribution in [3.63, 3.8) is 0 Å². The summed E-state index contributed by atoms with van der Waals surface area (Å²) in [7, 11) is 0. The van der Waals surface area contributed by atoms with E-state index < -0.39 is 0 Å². The number of hydrogen-bond acceptors (Lipinski definition) is 1. The van der Waals surface area contributed by atoms with Gasteiger partial charge in [-0.1, -0.05) is 31.9 Å². The minimum absolute atomic E-state index is 0.149. The van der Waals surface area contributed by atoms with Crippen molar-refractivity contribution in [1.82, 2.24) is 0 Å². The van der Waals surface area contributed by atoms with E-state index in [0.717, 1.165) is 23.5 Å². The van der Waals surface area contributed by atoms with Crippen LogP contribution in [0.15, 0.2) is 48.2 Å². The largest absolute Gasteiger partial charge is 0.320 e. The Morgan fingerprint density at radius 2 is 1.55 bits per heavy atom. The molecule has 0 bridgehead atoms. The average Bonchev–Trinajstić information content (AvgIpc) is 2.36. The van der Waals surface area contributed by atoms with Crippen molar-refractivity contribution in [3.05, 3.63) is 59.3 Å². The van der Waals surface area contributed by atoms with Gasteiger partial charge in [0.15, 0.2) is 0 Å². The predicted octanol–water partition coefficient (Wildman–Crippen LogP) is 6.30. The highest BCUT2D eigenvalue weighted by Gasteiger charge is 2.12. The van der Waals surface area contributed by atoms with E-state index in [1.54, 1.807) is 6.07 Å². The van der Waals surface area contributed by atoms with Crippen LogP contribution in [-0.2, 0) is 0 Å². The maximum Gasteiger partial charge on any atom is 0.255 e. The Hall–Kier alpha value is -0.170.